The average molecular weight is 579 g/mol. The number of hydrogen-bond donors (Lipinski definition) is 7. The number of aromatic carboxylic acids is 1. The number of ketones is 1. The van der Waals surface area contributed by atoms with E-state index in [4.69, 9.17) is 14.2 Å². The van der Waals surface area contributed by atoms with Crippen LogP contribution >= 0.6 is 0 Å². The van der Waals surface area contributed by atoms with Gasteiger partial charge in [0.1, 0.15) is 41.2 Å². The van der Waals surface area contributed by atoms with Gasteiger partial charge < -0.3 is 50.0 Å². The molecule has 0 saturated carbocycles. The van der Waals surface area contributed by atoms with Gasteiger partial charge in [0.2, 0.25) is 6.29 Å². The van der Waals surface area contributed by atoms with Crippen LogP contribution in [-0.4, -0.2) is 97.5 Å². The van der Waals surface area contributed by atoms with E-state index in [0.29, 0.717) is 25.6 Å². The summed E-state index contributed by atoms with van der Waals surface area (Å²) in [6.45, 7) is 5.17. The third kappa shape index (κ3) is 5.72. The Kier molecular flexibility index (Phi) is 9.12. The number of ether oxygens (including phenoxy) is 3. The van der Waals surface area contributed by atoms with Gasteiger partial charge in [-0.15, -0.1) is 0 Å². The van der Waals surface area contributed by atoms with Crippen molar-refractivity contribution in [2.24, 2.45) is 11.8 Å². The summed E-state index contributed by atoms with van der Waals surface area (Å²) in [6.07, 6.45) is -4.58. The summed E-state index contributed by atoms with van der Waals surface area (Å²) in [7, 11) is 0. The number of aromatic hydroxyl groups is 2. The van der Waals surface area contributed by atoms with Gasteiger partial charge in [0.15, 0.2) is 5.78 Å². The van der Waals surface area contributed by atoms with Crippen molar-refractivity contribution >= 4 is 22.5 Å². The van der Waals surface area contributed by atoms with Crippen LogP contribution < -0.4 is 4.74 Å². The van der Waals surface area contributed by atoms with Crippen LogP contribution in [0.4, 0.5) is 0 Å². The van der Waals surface area contributed by atoms with E-state index < -0.39 is 60.1 Å². The highest BCUT2D eigenvalue weighted by molar-refractivity contribution is 6.11. The van der Waals surface area contributed by atoms with Crippen LogP contribution in [0.25, 0.3) is 10.8 Å². The van der Waals surface area contributed by atoms with Gasteiger partial charge in [0.25, 0.3) is 0 Å². The first-order chi connectivity index (χ1) is 19.3. The number of carbonyl (C=O) groups is 2. The molecule has 0 bridgehead atoms. The summed E-state index contributed by atoms with van der Waals surface area (Å²) in [6, 6.07) is 2.11. The number of aliphatic hydroxyl groups excluding tert-OH is 3. The Hall–Kier alpha value is -3.00. The summed E-state index contributed by atoms with van der Waals surface area (Å²) < 4.78 is 16.9. The Morgan fingerprint density at radius 3 is 2.39 bits per heavy atom. The van der Waals surface area contributed by atoms with Crippen molar-refractivity contribution in [1.29, 1.82) is 0 Å². The molecule has 2 aromatic rings. The SMILES string of the molecule is CC(=O)c1c(C)c(O)c2cc(C(=O)O)cc(O[C@@H]3O[C@H](CO)[C@](O)(CC[C@@H](C)C4CCOCC4)[C@H](O)[C@H]3O)c2c1O. The number of phenols is 2. The Balaban J connectivity index is 1.67. The molecule has 0 radical (unpaired) electrons. The quantitative estimate of drug-likeness (QED) is 0.168. The largest absolute Gasteiger partial charge is 0.507 e. The van der Waals surface area contributed by atoms with Crippen LogP contribution in [0, 0.1) is 18.8 Å². The number of rotatable bonds is 9. The normalized spacial score (nSPS) is 28.0. The Morgan fingerprint density at radius 1 is 1.15 bits per heavy atom. The van der Waals surface area contributed by atoms with E-state index in [-0.39, 0.29) is 45.6 Å². The third-order valence-electron chi connectivity index (χ3n) is 8.61. The molecule has 0 aliphatic carbocycles. The molecular formula is C29H38O12. The summed E-state index contributed by atoms with van der Waals surface area (Å²) in [5.74, 6) is -2.85. The van der Waals surface area contributed by atoms with E-state index >= 15 is 0 Å². The third-order valence-corrected chi connectivity index (χ3v) is 8.61. The first-order valence-corrected chi connectivity index (χ1v) is 13.7. The highest BCUT2D eigenvalue weighted by Crippen LogP contribution is 2.46. The molecule has 12 heteroatoms. The lowest BCUT2D eigenvalue weighted by Crippen LogP contribution is -2.67. The molecule has 226 valence electrons. The molecule has 0 aromatic heterocycles. The van der Waals surface area contributed by atoms with Gasteiger partial charge in [0, 0.05) is 24.2 Å². The predicted octanol–water partition coefficient (Wildman–Crippen LogP) is 1.85. The van der Waals surface area contributed by atoms with E-state index in [9.17, 15) is 45.3 Å². The maximum atomic E-state index is 12.3. The molecule has 2 heterocycles. The van der Waals surface area contributed by atoms with Crippen molar-refractivity contribution in [1.82, 2.24) is 0 Å². The number of carboxylic acids is 1. The number of Topliss-reactive ketones (excluding diaryl/α,β-unsaturated/α-hetero) is 1. The lowest BCUT2D eigenvalue weighted by atomic mass is 9.76. The monoisotopic (exact) mass is 578 g/mol. The van der Waals surface area contributed by atoms with Crippen LogP contribution in [0.1, 0.15) is 65.8 Å². The molecule has 0 amide bonds. The van der Waals surface area contributed by atoms with Gasteiger partial charge in [-0.1, -0.05) is 6.92 Å². The van der Waals surface area contributed by atoms with Crippen LogP contribution in [0.5, 0.6) is 17.2 Å². The van der Waals surface area contributed by atoms with E-state index in [1.54, 1.807) is 0 Å². The summed E-state index contributed by atoms with van der Waals surface area (Å²) in [4.78, 5) is 24.1. The van der Waals surface area contributed by atoms with Crippen molar-refractivity contribution in [3.63, 3.8) is 0 Å². The zero-order valence-corrected chi connectivity index (χ0v) is 23.2. The van der Waals surface area contributed by atoms with E-state index in [1.165, 1.54) is 13.8 Å². The van der Waals surface area contributed by atoms with Gasteiger partial charge in [-0.05, 0) is 63.5 Å². The maximum absolute atomic E-state index is 12.3. The van der Waals surface area contributed by atoms with Gasteiger partial charge in [0.05, 0.1) is 23.1 Å². The van der Waals surface area contributed by atoms with Crippen molar-refractivity contribution in [2.75, 3.05) is 19.8 Å². The summed E-state index contributed by atoms with van der Waals surface area (Å²) in [5.41, 5.74) is -2.56. The second-order valence-electron chi connectivity index (χ2n) is 11.1. The van der Waals surface area contributed by atoms with Crippen LogP contribution in [0.2, 0.25) is 0 Å². The van der Waals surface area contributed by atoms with E-state index in [1.807, 2.05) is 6.92 Å². The number of benzene rings is 2. The molecule has 2 saturated heterocycles. The van der Waals surface area contributed by atoms with Crippen molar-refractivity contribution in [3.05, 3.63) is 28.8 Å². The number of carbonyl (C=O) groups excluding carboxylic acids is 1. The van der Waals surface area contributed by atoms with Crippen molar-refractivity contribution in [3.8, 4) is 17.2 Å². The minimum Gasteiger partial charge on any atom is -0.507 e. The van der Waals surface area contributed by atoms with E-state index in [0.717, 1.165) is 25.0 Å². The molecule has 0 unspecified atom stereocenters. The molecule has 2 aliphatic heterocycles. The van der Waals surface area contributed by atoms with Crippen molar-refractivity contribution < 1.29 is 59.5 Å². The standard InChI is InChI=1S/C29H38O12/c1-13(16-5-8-39-9-6-16)4-7-29(38)20(12-30)41-28(25(34)26(29)35)40-19-11-17(27(36)37)10-18-22(19)24(33)21(15(3)31)14(2)23(18)32/h10-11,13,16,20,25-26,28,30,32-35,38H,4-9,12H2,1-3H3,(H,36,37)/t13-,20-,25-,26-,28-,29-/m1/s1. The highest BCUT2D eigenvalue weighted by Gasteiger charge is 2.55. The average Bonchev–Trinajstić information content (AvgIpc) is 2.95. The number of phenolic OH excluding ortho intramolecular Hbond substituents is 2. The first-order valence-electron chi connectivity index (χ1n) is 13.7. The van der Waals surface area contributed by atoms with E-state index in [2.05, 4.69) is 0 Å². The van der Waals surface area contributed by atoms with Gasteiger partial charge in [-0.25, -0.2) is 4.79 Å². The van der Waals surface area contributed by atoms with Crippen molar-refractivity contribution in [2.45, 2.75) is 76.7 Å². The second kappa shape index (κ2) is 12.1. The number of carboxylic acid groups (broad SMARTS) is 1. The lowest BCUT2D eigenvalue weighted by molar-refractivity contribution is -0.315. The number of fused-ring (bicyclic) bond motifs is 1. The minimum atomic E-state index is -2.03. The molecule has 0 spiro atoms. The Labute approximate surface area is 236 Å². The molecule has 7 N–H and O–H groups in total. The minimum absolute atomic E-state index is 0.00896. The molecule has 2 aromatic carbocycles. The predicted molar refractivity (Wildman–Crippen MR) is 144 cm³/mol. The molecule has 2 aliphatic rings. The molecular weight excluding hydrogens is 540 g/mol. The maximum Gasteiger partial charge on any atom is 0.335 e. The fourth-order valence-electron chi connectivity index (χ4n) is 6.02. The fourth-order valence-corrected chi connectivity index (χ4v) is 6.02. The molecule has 6 atom stereocenters. The van der Waals surface area contributed by atoms with Crippen LogP contribution in [0.15, 0.2) is 12.1 Å². The van der Waals surface area contributed by atoms with Gasteiger partial charge >= 0.3 is 5.97 Å². The Morgan fingerprint density at radius 2 is 1.80 bits per heavy atom. The molecule has 41 heavy (non-hydrogen) atoms. The number of aliphatic hydroxyl groups is 4. The fraction of sp³-hybridized carbons (Fsp3) is 0.586. The first kappa shape index (κ1) is 30.9. The lowest BCUT2D eigenvalue weighted by Gasteiger charge is -2.48. The highest BCUT2D eigenvalue weighted by atomic mass is 16.7. The zero-order chi connectivity index (χ0) is 30.2. The zero-order valence-electron chi connectivity index (χ0n) is 23.2. The van der Waals surface area contributed by atoms with Gasteiger partial charge in [-0.3, -0.25) is 4.79 Å². The second-order valence-corrected chi connectivity index (χ2v) is 11.1. The van der Waals surface area contributed by atoms with Crippen LogP contribution in [0.3, 0.4) is 0 Å². The summed E-state index contributed by atoms with van der Waals surface area (Å²) in [5, 5.41) is 74.6. The molecule has 4 rings (SSSR count). The van der Waals surface area contributed by atoms with Crippen LogP contribution in [-0.2, 0) is 9.47 Å². The summed E-state index contributed by atoms with van der Waals surface area (Å²) >= 11 is 0. The van der Waals surface area contributed by atoms with Gasteiger partial charge in [-0.2, -0.15) is 0 Å². The smallest absolute Gasteiger partial charge is 0.335 e. The topological polar surface area (TPSA) is 203 Å². The number of hydrogen-bond acceptors (Lipinski definition) is 11. The molecule has 12 nitrogen and oxygen atoms in total. The molecule has 2 fully saturated rings. The Bertz CT molecular complexity index is 1300.